The van der Waals surface area contributed by atoms with Crippen molar-refractivity contribution in [2.24, 2.45) is 0 Å². The number of thioether (sulfide) groups is 1. The van der Waals surface area contributed by atoms with E-state index < -0.39 is 9.84 Å². The molecule has 1 aliphatic heterocycles. The van der Waals surface area contributed by atoms with Crippen LogP contribution in [0.5, 0.6) is 0 Å². The molecule has 1 aromatic rings. The topological polar surface area (TPSA) is 34.1 Å². The van der Waals surface area contributed by atoms with Crippen LogP contribution in [0.25, 0.3) is 6.08 Å². The van der Waals surface area contributed by atoms with Crippen LogP contribution < -0.4 is 0 Å². The molecule has 0 aliphatic carbocycles. The predicted molar refractivity (Wildman–Crippen MR) is 54.4 cm³/mol. The molecule has 0 saturated carbocycles. The summed E-state index contributed by atoms with van der Waals surface area (Å²) in [7, 11) is -3.12. The van der Waals surface area contributed by atoms with Gasteiger partial charge in [-0.25, -0.2) is 8.42 Å². The average Bonchev–Trinajstić information content (AvgIpc) is 2.42. The molecular formula is C9H8O2S2. The van der Waals surface area contributed by atoms with E-state index in [4.69, 9.17) is 0 Å². The van der Waals surface area contributed by atoms with Crippen molar-refractivity contribution in [3.63, 3.8) is 0 Å². The highest BCUT2D eigenvalue weighted by molar-refractivity contribution is 7.98. The van der Waals surface area contributed by atoms with E-state index in [1.165, 1.54) is 5.41 Å². The molecule has 1 heterocycles. The van der Waals surface area contributed by atoms with Gasteiger partial charge in [-0.3, -0.25) is 0 Å². The van der Waals surface area contributed by atoms with E-state index in [1.807, 2.05) is 18.4 Å². The van der Waals surface area contributed by atoms with E-state index in [-0.39, 0.29) is 0 Å². The molecule has 0 fully saturated rings. The van der Waals surface area contributed by atoms with Crippen molar-refractivity contribution in [2.75, 3.05) is 6.26 Å². The van der Waals surface area contributed by atoms with Crippen molar-refractivity contribution >= 4 is 27.7 Å². The van der Waals surface area contributed by atoms with Crippen molar-refractivity contribution < 1.29 is 8.42 Å². The van der Waals surface area contributed by atoms with Crippen LogP contribution in [0, 0.1) is 0 Å². The van der Waals surface area contributed by atoms with Gasteiger partial charge in [0, 0.05) is 10.3 Å². The van der Waals surface area contributed by atoms with Crippen molar-refractivity contribution in [2.45, 2.75) is 9.79 Å². The smallest absolute Gasteiger partial charge is 0.200 e. The Morgan fingerprint density at radius 2 is 2.08 bits per heavy atom. The molecule has 0 saturated heterocycles. The maximum atomic E-state index is 11.4. The van der Waals surface area contributed by atoms with Crippen LogP contribution in [0.4, 0.5) is 0 Å². The molecule has 68 valence electrons. The van der Waals surface area contributed by atoms with E-state index in [9.17, 15) is 8.42 Å². The Morgan fingerprint density at radius 1 is 1.31 bits per heavy atom. The first-order chi connectivity index (χ1) is 6.13. The van der Waals surface area contributed by atoms with Gasteiger partial charge in [0.15, 0.2) is 9.84 Å². The van der Waals surface area contributed by atoms with Crippen LogP contribution >= 0.6 is 11.8 Å². The van der Waals surface area contributed by atoms with Crippen molar-refractivity contribution in [1.82, 2.24) is 0 Å². The molecule has 13 heavy (non-hydrogen) atoms. The zero-order valence-corrected chi connectivity index (χ0v) is 8.65. The van der Waals surface area contributed by atoms with Crippen molar-refractivity contribution in [1.29, 1.82) is 0 Å². The molecule has 0 atom stereocenters. The predicted octanol–water partition coefficient (Wildman–Crippen LogP) is 2.17. The monoisotopic (exact) mass is 212 g/mol. The van der Waals surface area contributed by atoms with Gasteiger partial charge in [-0.05, 0) is 36.1 Å². The summed E-state index contributed by atoms with van der Waals surface area (Å²) in [5.74, 6) is 0. The van der Waals surface area contributed by atoms with Gasteiger partial charge in [0.2, 0.25) is 0 Å². The molecule has 4 heteroatoms. The fourth-order valence-corrected chi connectivity index (χ4v) is 2.91. The summed E-state index contributed by atoms with van der Waals surface area (Å²) in [5.41, 5.74) is 0.798. The first-order valence-corrected chi connectivity index (χ1v) is 6.52. The Bertz CT molecular complexity index is 472. The van der Waals surface area contributed by atoms with Crippen molar-refractivity contribution in [3.05, 3.63) is 29.2 Å². The summed E-state index contributed by atoms with van der Waals surface area (Å²) in [6.07, 6.45) is 3.61. The summed E-state index contributed by atoms with van der Waals surface area (Å²) in [5, 5.41) is 1.25. The van der Waals surface area contributed by atoms with Gasteiger partial charge in [0.1, 0.15) is 0 Å². The molecule has 0 radical (unpaired) electrons. The Hall–Kier alpha value is -0.740. The minimum absolute atomic E-state index is 0.422. The number of hydrogen-bond donors (Lipinski definition) is 0. The average molecular weight is 212 g/mol. The molecule has 1 aromatic carbocycles. The number of sulfone groups is 1. The molecule has 0 bridgehead atoms. The zero-order valence-electron chi connectivity index (χ0n) is 7.02. The summed E-state index contributed by atoms with van der Waals surface area (Å²) in [4.78, 5) is 1.51. The third-order valence-corrected chi connectivity index (χ3v) is 4.15. The molecule has 0 N–H and O–H groups in total. The van der Waals surface area contributed by atoms with Gasteiger partial charge < -0.3 is 0 Å². The standard InChI is InChI=1S/C9H8O2S2/c1-12-8-2-3-9-7(6-8)4-5-13(9,10)11/h2-6H,1H3. The normalized spacial score (nSPS) is 17.3. The molecule has 0 amide bonds. The number of hydrogen-bond acceptors (Lipinski definition) is 3. The minimum Gasteiger partial charge on any atom is -0.219 e. The number of rotatable bonds is 1. The highest BCUT2D eigenvalue weighted by Crippen LogP contribution is 2.29. The summed E-state index contributed by atoms with van der Waals surface area (Å²) >= 11 is 1.61. The Labute approximate surface area is 81.6 Å². The molecule has 2 rings (SSSR count). The number of benzene rings is 1. The fourth-order valence-electron chi connectivity index (χ4n) is 1.28. The largest absolute Gasteiger partial charge is 0.219 e. The first kappa shape index (κ1) is 8.84. The summed E-state index contributed by atoms with van der Waals surface area (Å²) in [6.45, 7) is 0. The second kappa shape index (κ2) is 2.89. The van der Waals surface area contributed by atoms with E-state index in [0.29, 0.717) is 4.90 Å². The van der Waals surface area contributed by atoms with Gasteiger partial charge in [-0.2, -0.15) is 0 Å². The van der Waals surface area contributed by atoms with Crippen LogP contribution in [0.2, 0.25) is 0 Å². The summed E-state index contributed by atoms with van der Waals surface area (Å²) in [6, 6.07) is 5.38. The van der Waals surface area contributed by atoms with E-state index >= 15 is 0 Å². The highest BCUT2D eigenvalue weighted by Gasteiger charge is 2.19. The lowest BCUT2D eigenvalue weighted by Crippen LogP contribution is -1.92. The van der Waals surface area contributed by atoms with E-state index in [0.717, 1.165) is 10.5 Å². The lowest BCUT2D eigenvalue weighted by molar-refractivity contribution is 0.605. The lowest BCUT2D eigenvalue weighted by atomic mass is 10.2. The van der Waals surface area contributed by atoms with Gasteiger partial charge in [0.25, 0.3) is 0 Å². The van der Waals surface area contributed by atoms with Crippen LogP contribution in [0.15, 0.2) is 33.4 Å². The van der Waals surface area contributed by atoms with Crippen LogP contribution in [0.3, 0.4) is 0 Å². The summed E-state index contributed by atoms with van der Waals surface area (Å²) < 4.78 is 22.7. The van der Waals surface area contributed by atoms with Crippen LogP contribution in [-0.4, -0.2) is 14.7 Å². The fraction of sp³-hybridized carbons (Fsp3) is 0.111. The zero-order chi connectivity index (χ0) is 9.47. The number of fused-ring (bicyclic) bond motifs is 1. The first-order valence-electron chi connectivity index (χ1n) is 3.75. The van der Waals surface area contributed by atoms with Crippen LogP contribution in [0.1, 0.15) is 5.56 Å². The molecule has 0 aromatic heterocycles. The van der Waals surface area contributed by atoms with E-state index in [2.05, 4.69) is 0 Å². The minimum atomic E-state index is -3.12. The van der Waals surface area contributed by atoms with Crippen molar-refractivity contribution in [3.8, 4) is 0 Å². The third-order valence-electron chi connectivity index (χ3n) is 1.95. The molecule has 2 nitrogen and oxygen atoms in total. The maximum Gasteiger partial charge on any atom is 0.200 e. The quantitative estimate of drug-likeness (QED) is 0.669. The Kier molecular flexibility index (Phi) is 1.96. The second-order valence-corrected chi connectivity index (χ2v) is 5.43. The SMILES string of the molecule is CSc1ccc2c(c1)C=CS2(=O)=O. The van der Waals surface area contributed by atoms with Gasteiger partial charge >= 0.3 is 0 Å². The van der Waals surface area contributed by atoms with E-state index in [1.54, 1.807) is 23.9 Å². The molecule has 0 unspecified atom stereocenters. The lowest BCUT2D eigenvalue weighted by Gasteiger charge is -2.00. The van der Waals surface area contributed by atoms with Gasteiger partial charge in [-0.1, -0.05) is 0 Å². The molecule has 1 aliphatic rings. The molecule has 0 spiro atoms. The van der Waals surface area contributed by atoms with Gasteiger partial charge in [-0.15, -0.1) is 11.8 Å². The maximum absolute atomic E-state index is 11.4. The Morgan fingerprint density at radius 3 is 2.77 bits per heavy atom. The highest BCUT2D eigenvalue weighted by atomic mass is 32.2. The third kappa shape index (κ3) is 1.40. The second-order valence-electron chi connectivity index (χ2n) is 2.75. The van der Waals surface area contributed by atoms with Crippen LogP contribution in [-0.2, 0) is 9.84 Å². The Balaban J connectivity index is 2.65. The molecular weight excluding hydrogens is 204 g/mol. The van der Waals surface area contributed by atoms with Gasteiger partial charge in [0.05, 0.1) is 4.90 Å².